The number of hydrogen-bond donors (Lipinski definition) is 2. The fourth-order valence-corrected chi connectivity index (χ4v) is 3.48. The Labute approximate surface area is 147 Å². The maximum Gasteiger partial charge on any atom is 0.0864 e. The highest BCUT2D eigenvalue weighted by Gasteiger charge is 2.12. The number of rotatable bonds is 1. The van der Waals surface area contributed by atoms with Gasteiger partial charge in [0.1, 0.15) is 0 Å². The van der Waals surface area contributed by atoms with Crippen molar-refractivity contribution in [3.8, 4) is 11.1 Å². The summed E-state index contributed by atoms with van der Waals surface area (Å²) in [6, 6.07) is 20.2. The molecule has 1 heterocycles. The van der Waals surface area contributed by atoms with Crippen LogP contribution in [0.15, 0.2) is 60.7 Å². The molecule has 0 aliphatic heterocycles. The van der Waals surface area contributed by atoms with Crippen molar-refractivity contribution in [2.75, 3.05) is 11.5 Å². The van der Waals surface area contributed by atoms with E-state index in [2.05, 4.69) is 40.8 Å². The van der Waals surface area contributed by atoms with Gasteiger partial charge in [-0.2, -0.15) is 0 Å². The van der Waals surface area contributed by atoms with Gasteiger partial charge in [0.15, 0.2) is 0 Å². The van der Waals surface area contributed by atoms with Crippen LogP contribution in [0.3, 0.4) is 0 Å². The number of halogens is 1. The molecule has 23 heavy (non-hydrogen) atoms. The van der Waals surface area contributed by atoms with Crippen LogP contribution >= 0.6 is 22.6 Å². The molecule has 4 N–H and O–H groups in total. The summed E-state index contributed by atoms with van der Waals surface area (Å²) < 4.78 is 0.975. The first-order valence-electron chi connectivity index (χ1n) is 7.27. The minimum atomic E-state index is 0.731. The number of nitrogen functional groups attached to an aromatic ring is 2. The van der Waals surface area contributed by atoms with Gasteiger partial charge in [0.2, 0.25) is 0 Å². The van der Waals surface area contributed by atoms with Crippen molar-refractivity contribution in [3.05, 3.63) is 64.2 Å². The van der Waals surface area contributed by atoms with Crippen LogP contribution < -0.4 is 11.5 Å². The van der Waals surface area contributed by atoms with E-state index in [1.165, 1.54) is 0 Å². The number of fused-ring (bicyclic) bond motifs is 2. The zero-order valence-corrected chi connectivity index (χ0v) is 14.4. The molecule has 1 aromatic heterocycles. The number of hydrogen-bond acceptors (Lipinski definition) is 3. The standard InChI is InChI=1S/C19H14IN3/c20-17-15(22)9-7-13-10-12-6-8-14(21)16(18(12)23-19(13)17)11-4-2-1-3-5-11/h1-10H,21-22H2. The van der Waals surface area contributed by atoms with Crippen molar-refractivity contribution in [1.29, 1.82) is 0 Å². The highest BCUT2D eigenvalue weighted by Crippen LogP contribution is 2.35. The number of nitrogens with two attached hydrogens (primary N) is 2. The smallest absolute Gasteiger partial charge is 0.0864 e. The summed E-state index contributed by atoms with van der Waals surface area (Å²) in [7, 11) is 0. The first kappa shape index (κ1) is 14.3. The summed E-state index contributed by atoms with van der Waals surface area (Å²) in [5.74, 6) is 0. The highest BCUT2D eigenvalue weighted by molar-refractivity contribution is 14.1. The number of anilines is 2. The van der Waals surface area contributed by atoms with Gasteiger partial charge in [-0.3, -0.25) is 0 Å². The molecule has 4 rings (SSSR count). The van der Waals surface area contributed by atoms with Crippen LogP contribution in [0, 0.1) is 3.57 Å². The van der Waals surface area contributed by atoms with Crippen molar-refractivity contribution < 1.29 is 0 Å². The predicted octanol–water partition coefficient (Wildman–Crippen LogP) is 4.82. The fourth-order valence-electron chi connectivity index (χ4n) is 2.87. The van der Waals surface area contributed by atoms with Gasteiger partial charge in [-0.1, -0.05) is 42.5 Å². The third-order valence-electron chi connectivity index (χ3n) is 4.02. The van der Waals surface area contributed by atoms with Crippen molar-refractivity contribution in [2.45, 2.75) is 0 Å². The second-order valence-electron chi connectivity index (χ2n) is 5.50. The van der Waals surface area contributed by atoms with Crippen LogP contribution in [0.4, 0.5) is 11.4 Å². The van der Waals surface area contributed by atoms with E-state index in [9.17, 15) is 0 Å². The lowest BCUT2D eigenvalue weighted by atomic mass is 9.99. The Morgan fingerprint density at radius 3 is 2.13 bits per heavy atom. The minimum Gasteiger partial charge on any atom is -0.398 e. The van der Waals surface area contributed by atoms with E-state index in [4.69, 9.17) is 16.5 Å². The molecule has 3 nitrogen and oxygen atoms in total. The first-order chi connectivity index (χ1) is 11.1. The molecule has 0 amide bonds. The quantitative estimate of drug-likeness (QED) is 0.268. The van der Waals surface area contributed by atoms with Crippen LogP contribution in [0.2, 0.25) is 0 Å². The van der Waals surface area contributed by atoms with E-state index in [-0.39, 0.29) is 0 Å². The SMILES string of the molecule is Nc1ccc2cc3ccc(N)c(-c4ccccc4)c3nc2c1I. The molecule has 0 bridgehead atoms. The maximum absolute atomic E-state index is 6.26. The molecule has 3 aromatic carbocycles. The van der Waals surface area contributed by atoms with Crippen LogP contribution in [-0.2, 0) is 0 Å². The van der Waals surface area contributed by atoms with Gasteiger partial charge in [-0.25, -0.2) is 4.98 Å². The zero-order chi connectivity index (χ0) is 16.0. The molecule has 4 heteroatoms. The molecule has 0 fully saturated rings. The third kappa shape index (κ3) is 2.30. The Morgan fingerprint density at radius 1 is 0.739 bits per heavy atom. The van der Waals surface area contributed by atoms with E-state index in [1.54, 1.807) is 0 Å². The predicted molar refractivity (Wildman–Crippen MR) is 106 cm³/mol. The largest absolute Gasteiger partial charge is 0.398 e. The second kappa shape index (κ2) is 5.38. The molecule has 112 valence electrons. The Balaban J connectivity index is 2.16. The highest BCUT2D eigenvalue weighted by atomic mass is 127. The van der Waals surface area contributed by atoms with E-state index >= 15 is 0 Å². The third-order valence-corrected chi connectivity index (χ3v) is 5.15. The summed E-state index contributed by atoms with van der Waals surface area (Å²) in [5, 5.41) is 2.16. The molecule has 0 aliphatic carbocycles. The van der Waals surface area contributed by atoms with Crippen molar-refractivity contribution in [3.63, 3.8) is 0 Å². The molecular formula is C19H14IN3. The average molecular weight is 411 g/mol. The molecule has 0 atom stereocenters. The van der Waals surface area contributed by atoms with Crippen LogP contribution in [0.1, 0.15) is 0 Å². The van der Waals surface area contributed by atoms with Crippen molar-refractivity contribution in [2.24, 2.45) is 0 Å². The summed E-state index contributed by atoms with van der Waals surface area (Å²) in [4.78, 5) is 4.91. The molecule has 0 unspecified atom stereocenters. The topological polar surface area (TPSA) is 64.9 Å². The molecule has 0 aliphatic rings. The number of nitrogens with zero attached hydrogens (tertiary/aromatic N) is 1. The Bertz CT molecular complexity index is 1040. The monoisotopic (exact) mass is 411 g/mol. The normalized spacial score (nSPS) is 11.2. The Morgan fingerprint density at radius 2 is 1.39 bits per heavy atom. The number of pyridine rings is 1. The lowest BCUT2D eigenvalue weighted by Crippen LogP contribution is -1.96. The zero-order valence-electron chi connectivity index (χ0n) is 12.3. The van der Waals surface area contributed by atoms with E-state index in [0.29, 0.717) is 0 Å². The van der Waals surface area contributed by atoms with Crippen molar-refractivity contribution in [1.82, 2.24) is 4.98 Å². The van der Waals surface area contributed by atoms with Gasteiger partial charge < -0.3 is 11.5 Å². The second-order valence-corrected chi connectivity index (χ2v) is 6.58. The summed E-state index contributed by atoms with van der Waals surface area (Å²) in [6.45, 7) is 0. The van der Waals surface area contributed by atoms with Gasteiger partial charge in [0, 0.05) is 27.7 Å². The van der Waals surface area contributed by atoms with Crippen LogP contribution in [-0.4, -0.2) is 4.98 Å². The molecule has 0 saturated heterocycles. The maximum atomic E-state index is 6.26. The van der Waals surface area contributed by atoms with Gasteiger partial charge in [-0.05, 0) is 46.4 Å². The van der Waals surface area contributed by atoms with E-state index < -0.39 is 0 Å². The molecule has 0 spiro atoms. The molecule has 0 radical (unpaired) electrons. The first-order valence-corrected chi connectivity index (χ1v) is 8.35. The molecule has 0 saturated carbocycles. The number of benzene rings is 3. The van der Waals surface area contributed by atoms with Crippen LogP contribution in [0.25, 0.3) is 32.9 Å². The fraction of sp³-hybridized carbons (Fsp3) is 0. The molecule has 4 aromatic rings. The average Bonchev–Trinajstić information content (AvgIpc) is 2.58. The molecular weight excluding hydrogens is 397 g/mol. The summed E-state index contributed by atoms with van der Waals surface area (Å²) >= 11 is 2.25. The van der Waals surface area contributed by atoms with Gasteiger partial charge >= 0.3 is 0 Å². The Hall–Kier alpha value is -2.34. The van der Waals surface area contributed by atoms with Gasteiger partial charge in [-0.15, -0.1) is 0 Å². The summed E-state index contributed by atoms with van der Waals surface area (Å²) in [6.07, 6.45) is 0. The van der Waals surface area contributed by atoms with Crippen LogP contribution in [0.5, 0.6) is 0 Å². The van der Waals surface area contributed by atoms with Crippen molar-refractivity contribution >= 4 is 55.8 Å². The lowest BCUT2D eigenvalue weighted by molar-refractivity contribution is 1.47. The van der Waals surface area contributed by atoms with Gasteiger partial charge in [0.25, 0.3) is 0 Å². The van der Waals surface area contributed by atoms with Gasteiger partial charge in [0.05, 0.1) is 14.6 Å². The number of aromatic nitrogens is 1. The van der Waals surface area contributed by atoms with E-state index in [0.717, 1.165) is 47.9 Å². The lowest BCUT2D eigenvalue weighted by Gasteiger charge is -2.12. The minimum absolute atomic E-state index is 0.731. The summed E-state index contributed by atoms with van der Waals surface area (Å²) in [5.41, 5.74) is 17.7. The van der Waals surface area contributed by atoms with E-state index in [1.807, 2.05) is 42.5 Å². The Kier molecular flexibility index (Phi) is 3.34.